The van der Waals surface area contributed by atoms with Crippen LogP contribution in [0.4, 0.5) is 0 Å². The van der Waals surface area contributed by atoms with Crippen LogP contribution in [0.1, 0.15) is 29.2 Å². The second kappa shape index (κ2) is 13.6. The molecule has 0 bridgehead atoms. The van der Waals surface area contributed by atoms with Crippen LogP contribution in [-0.2, 0) is 0 Å². The highest BCUT2D eigenvalue weighted by Gasteiger charge is 2.30. The van der Waals surface area contributed by atoms with Crippen LogP contribution >= 0.6 is 0 Å². The van der Waals surface area contributed by atoms with Gasteiger partial charge in [-0.1, -0.05) is 158 Å². The number of para-hydroxylation sites is 2. The second-order valence-corrected chi connectivity index (χ2v) is 14.4. The van der Waals surface area contributed by atoms with Crippen molar-refractivity contribution in [2.45, 2.75) is 12.3 Å². The van der Waals surface area contributed by atoms with E-state index in [0.29, 0.717) is 23.2 Å². The molecule has 0 aliphatic heterocycles. The van der Waals surface area contributed by atoms with Crippen LogP contribution in [0.3, 0.4) is 0 Å². The molecule has 0 saturated heterocycles. The lowest BCUT2D eigenvalue weighted by molar-refractivity contribution is 0.581. The lowest BCUT2D eigenvalue weighted by atomic mass is 9.79. The van der Waals surface area contributed by atoms with Gasteiger partial charge in [-0.05, 0) is 69.7 Å². The fraction of sp³-hybridized carbons (Fsp3) is 0.0392. The molecular formula is C51H33N5O. The zero-order valence-corrected chi connectivity index (χ0v) is 30.7. The molecule has 3 heterocycles. The first-order valence-corrected chi connectivity index (χ1v) is 19.2. The summed E-state index contributed by atoms with van der Waals surface area (Å²) >= 11 is 0. The van der Waals surface area contributed by atoms with Crippen LogP contribution in [0.5, 0.6) is 0 Å². The summed E-state index contributed by atoms with van der Waals surface area (Å²) in [5, 5.41) is 0. The lowest BCUT2D eigenvalue weighted by Gasteiger charge is -2.24. The molecular weight excluding hydrogens is 699 g/mol. The molecule has 9 aromatic rings. The molecule has 1 atom stereocenters. The maximum absolute atomic E-state index is 6.21. The van der Waals surface area contributed by atoms with Gasteiger partial charge in [0.15, 0.2) is 17.5 Å². The topological polar surface area (TPSA) is 77.6 Å². The summed E-state index contributed by atoms with van der Waals surface area (Å²) in [6.07, 6.45) is 9.74. The molecule has 0 spiro atoms. The smallest absolute Gasteiger partial charge is 0.246 e. The summed E-state index contributed by atoms with van der Waals surface area (Å²) in [7, 11) is 0. The highest BCUT2D eigenvalue weighted by atomic mass is 16.3. The molecule has 0 radical (unpaired) electrons. The quantitative estimate of drug-likeness (QED) is 0.169. The molecule has 268 valence electrons. The van der Waals surface area contributed by atoms with Gasteiger partial charge in [0, 0.05) is 28.2 Å². The van der Waals surface area contributed by atoms with Crippen molar-refractivity contribution in [1.29, 1.82) is 0 Å². The van der Waals surface area contributed by atoms with Crippen molar-refractivity contribution in [3.63, 3.8) is 0 Å². The van der Waals surface area contributed by atoms with Gasteiger partial charge in [0.2, 0.25) is 5.71 Å². The minimum atomic E-state index is 0.174. The molecule has 0 N–H and O–H groups in total. The molecule has 3 aromatic heterocycles. The molecule has 2 aliphatic carbocycles. The maximum Gasteiger partial charge on any atom is 0.246 e. The molecule has 57 heavy (non-hydrogen) atoms. The number of nitrogens with zero attached hydrogens (tertiary/aromatic N) is 5. The SMILES string of the molecule is C1=Cc2oc3nc4ccccc4nc3c2C2CC=C(c3cccc(-c4ccc(-c5nc(-c6ccccc6)nc(-c6ccc(-c7ccccc7)cc6)n5)cc4)c3)C=C12. The lowest BCUT2D eigenvalue weighted by Crippen LogP contribution is -2.09. The van der Waals surface area contributed by atoms with Crippen LogP contribution in [0.15, 0.2) is 186 Å². The van der Waals surface area contributed by atoms with E-state index in [1.807, 2.05) is 60.7 Å². The van der Waals surface area contributed by atoms with Gasteiger partial charge >= 0.3 is 0 Å². The van der Waals surface area contributed by atoms with E-state index in [0.717, 1.165) is 67.7 Å². The molecule has 1 unspecified atom stereocenters. The van der Waals surface area contributed by atoms with Crippen molar-refractivity contribution >= 4 is 33.9 Å². The minimum Gasteiger partial charge on any atom is -0.437 e. The number of fused-ring (bicyclic) bond motifs is 6. The van der Waals surface area contributed by atoms with Crippen molar-refractivity contribution in [1.82, 2.24) is 24.9 Å². The third-order valence-corrected chi connectivity index (χ3v) is 10.9. The van der Waals surface area contributed by atoms with E-state index < -0.39 is 0 Å². The zero-order chi connectivity index (χ0) is 37.7. The third kappa shape index (κ3) is 6.04. The first-order valence-electron chi connectivity index (χ1n) is 19.2. The van der Waals surface area contributed by atoms with Crippen molar-refractivity contribution in [2.24, 2.45) is 0 Å². The summed E-state index contributed by atoms with van der Waals surface area (Å²) in [5.74, 6) is 2.94. The number of hydrogen-bond donors (Lipinski definition) is 0. The van der Waals surface area contributed by atoms with Gasteiger partial charge in [0.05, 0.1) is 11.0 Å². The van der Waals surface area contributed by atoms with E-state index in [1.165, 1.54) is 22.3 Å². The Balaban J connectivity index is 0.883. The van der Waals surface area contributed by atoms with Crippen LogP contribution in [0.2, 0.25) is 0 Å². The van der Waals surface area contributed by atoms with Crippen LogP contribution in [0, 0.1) is 0 Å². The predicted octanol–water partition coefficient (Wildman–Crippen LogP) is 12.4. The van der Waals surface area contributed by atoms with Crippen LogP contribution < -0.4 is 0 Å². The van der Waals surface area contributed by atoms with Crippen molar-refractivity contribution in [3.05, 3.63) is 198 Å². The zero-order valence-electron chi connectivity index (χ0n) is 30.7. The number of rotatable bonds is 6. The van der Waals surface area contributed by atoms with E-state index in [1.54, 1.807) is 0 Å². The highest BCUT2D eigenvalue weighted by Crippen LogP contribution is 2.45. The Hall–Kier alpha value is -7.57. The number of furan rings is 1. The van der Waals surface area contributed by atoms with Gasteiger partial charge in [-0.2, -0.15) is 0 Å². The van der Waals surface area contributed by atoms with Crippen LogP contribution in [0.25, 0.3) is 90.3 Å². The average molecular weight is 732 g/mol. The van der Waals surface area contributed by atoms with Crippen molar-refractivity contribution in [3.8, 4) is 56.4 Å². The Morgan fingerprint density at radius 3 is 1.61 bits per heavy atom. The molecule has 0 amide bonds. The first-order chi connectivity index (χ1) is 28.2. The second-order valence-electron chi connectivity index (χ2n) is 14.4. The normalized spacial score (nSPS) is 14.6. The Morgan fingerprint density at radius 1 is 0.439 bits per heavy atom. The summed E-state index contributed by atoms with van der Waals surface area (Å²) in [6, 6.07) is 54.1. The molecule has 6 nitrogen and oxygen atoms in total. The number of aromatic nitrogens is 5. The Kier molecular flexibility index (Phi) is 7.84. The Bertz CT molecular complexity index is 3070. The fourth-order valence-electron chi connectivity index (χ4n) is 7.99. The minimum absolute atomic E-state index is 0.174. The third-order valence-electron chi connectivity index (χ3n) is 10.9. The van der Waals surface area contributed by atoms with E-state index in [2.05, 4.69) is 121 Å². The number of hydrogen-bond acceptors (Lipinski definition) is 6. The standard InChI is InChI=1S/C51H33N5O/c1-3-10-32(11-4-1)33-18-22-36(23-19-33)49-54-48(35-12-5-2-6-13-35)55-50(56-49)37-24-20-34(21-25-37)38-14-9-15-39(30-38)40-26-28-42-41(31-40)27-29-45-46(42)47-51(57-45)53-44-17-8-7-16-43(44)52-47/h1-27,29-31,42H,28H2. The van der Waals surface area contributed by atoms with Gasteiger partial charge in [-0.3, -0.25) is 0 Å². The van der Waals surface area contributed by atoms with Crippen molar-refractivity contribution in [2.75, 3.05) is 0 Å². The summed E-state index contributed by atoms with van der Waals surface area (Å²) in [6.45, 7) is 0. The summed E-state index contributed by atoms with van der Waals surface area (Å²) in [5.41, 5.74) is 15.3. The van der Waals surface area contributed by atoms with Crippen LogP contribution in [-0.4, -0.2) is 24.9 Å². The largest absolute Gasteiger partial charge is 0.437 e. The van der Waals surface area contributed by atoms with E-state index >= 15 is 0 Å². The molecule has 6 aromatic carbocycles. The van der Waals surface area contributed by atoms with Gasteiger partial charge in [0.1, 0.15) is 11.3 Å². The highest BCUT2D eigenvalue weighted by molar-refractivity contribution is 5.90. The number of allylic oxidation sites excluding steroid dienone is 5. The molecule has 0 saturated carbocycles. The van der Waals surface area contributed by atoms with Gasteiger partial charge in [-0.25, -0.2) is 24.9 Å². The summed E-state index contributed by atoms with van der Waals surface area (Å²) in [4.78, 5) is 24.7. The first kappa shape index (κ1) is 32.8. The molecule has 0 fully saturated rings. The average Bonchev–Trinajstić information content (AvgIpc) is 3.66. The fourth-order valence-corrected chi connectivity index (χ4v) is 7.99. The van der Waals surface area contributed by atoms with Gasteiger partial charge in [-0.15, -0.1) is 0 Å². The van der Waals surface area contributed by atoms with Gasteiger partial charge < -0.3 is 4.42 Å². The summed E-state index contributed by atoms with van der Waals surface area (Å²) < 4.78 is 6.21. The van der Waals surface area contributed by atoms with E-state index in [9.17, 15) is 0 Å². The molecule has 11 rings (SSSR count). The van der Waals surface area contributed by atoms with Gasteiger partial charge in [0.25, 0.3) is 0 Å². The Labute approximate surface area is 329 Å². The Morgan fingerprint density at radius 2 is 0.947 bits per heavy atom. The van der Waals surface area contributed by atoms with E-state index in [4.69, 9.17) is 29.3 Å². The van der Waals surface area contributed by atoms with E-state index in [-0.39, 0.29) is 5.92 Å². The molecule has 2 aliphatic rings. The van der Waals surface area contributed by atoms with Crippen molar-refractivity contribution < 1.29 is 4.42 Å². The predicted molar refractivity (Wildman–Crippen MR) is 229 cm³/mol. The number of benzene rings is 6. The molecule has 6 heteroatoms. The maximum atomic E-state index is 6.21. The monoisotopic (exact) mass is 731 g/mol.